The zero-order valence-electron chi connectivity index (χ0n) is 36.8. The first kappa shape index (κ1) is 38.7. The summed E-state index contributed by atoms with van der Waals surface area (Å²) in [6.45, 7) is 0. The van der Waals surface area contributed by atoms with E-state index < -0.39 is 0 Å². The summed E-state index contributed by atoms with van der Waals surface area (Å²) in [4.78, 5) is 4.88. The van der Waals surface area contributed by atoms with E-state index in [0.29, 0.717) is 0 Å². The van der Waals surface area contributed by atoms with Gasteiger partial charge in [-0.3, -0.25) is 0 Å². The standard InChI is InChI=1S/C65H44N2/c1-4-14-44(15-5-1)47-26-32-51(33-27-47)66(52-34-28-48(29-35-52)45-16-6-2-7-17-45)54-38-39-56-60(42-54)57-23-13-24-59-64(41-40-58(65(57)59)62-43-61(56)62)67(63-25-12-21-50-20-10-11-22-55(50)63)53-36-30-49(31-37-53)46-18-8-3-9-19-46/h1-43,61H. The minimum Gasteiger partial charge on any atom is -0.310 e. The molecule has 2 nitrogen and oxygen atoms in total. The van der Waals surface area contributed by atoms with Crippen molar-refractivity contribution in [1.82, 2.24) is 0 Å². The van der Waals surface area contributed by atoms with Crippen molar-refractivity contribution in [3.63, 3.8) is 0 Å². The summed E-state index contributed by atoms with van der Waals surface area (Å²) in [6, 6.07) is 93.2. The van der Waals surface area contributed by atoms with Crippen LogP contribution in [0.1, 0.15) is 17.0 Å². The fourth-order valence-corrected chi connectivity index (χ4v) is 10.4. The van der Waals surface area contributed by atoms with Crippen LogP contribution in [0.2, 0.25) is 0 Å². The molecule has 0 amide bonds. The van der Waals surface area contributed by atoms with Crippen LogP contribution in [0.15, 0.2) is 261 Å². The topological polar surface area (TPSA) is 6.48 Å². The summed E-state index contributed by atoms with van der Waals surface area (Å²) in [7, 11) is 0. The number of hydrogen-bond donors (Lipinski definition) is 0. The molecule has 0 saturated carbocycles. The molecule has 11 aromatic carbocycles. The summed E-state index contributed by atoms with van der Waals surface area (Å²) in [6.07, 6.45) is 2.45. The first-order valence-electron chi connectivity index (χ1n) is 23.2. The van der Waals surface area contributed by atoms with Gasteiger partial charge < -0.3 is 9.80 Å². The molecule has 2 aliphatic carbocycles. The molecule has 1 unspecified atom stereocenters. The Bertz CT molecular complexity index is 3560. The molecular formula is C65H44N2. The van der Waals surface area contributed by atoms with Gasteiger partial charge in [-0.25, -0.2) is 0 Å². The van der Waals surface area contributed by atoms with Crippen LogP contribution >= 0.6 is 0 Å². The van der Waals surface area contributed by atoms with Gasteiger partial charge in [0.25, 0.3) is 0 Å². The van der Waals surface area contributed by atoms with Crippen molar-refractivity contribution >= 4 is 61.2 Å². The van der Waals surface area contributed by atoms with Gasteiger partial charge >= 0.3 is 0 Å². The number of benzene rings is 11. The van der Waals surface area contributed by atoms with Crippen LogP contribution in [-0.4, -0.2) is 0 Å². The third-order valence-corrected chi connectivity index (χ3v) is 13.8. The van der Waals surface area contributed by atoms with E-state index >= 15 is 0 Å². The van der Waals surface area contributed by atoms with E-state index in [0.717, 1.165) is 34.1 Å². The average Bonchev–Trinajstić information content (AvgIpc) is 4.22. The molecule has 2 heteroatoms. The highest BCUT2D eigenvalue weighted by Crippen LogP contribution is 2.57. The number of allylic oxidation sites excluding steroid dienone is 2. The normalized spacial score (nSPS) is 13.3. The quantitative estimate of drug-likeness (QED) is 0.143. The Morgan fingerprint density at radius 2 is 0.746 bits per heavy atom. The Hall–Kier alpha value is -8.72. The summed E-state index contributed by atoms with van der Waals surface area (Å²) in [5.74, 6) is 0.272. The second kappa shape index (κ2) is 16.1. The second-order valence-corrected chi connectivity index (χ2v) is 17.6. The Morgan fingerprint density at radius 3 is 1.34 bits per heavy atom. The van der Waals surface area contributed by atoms with E-state index in [9.17, 15) is 0 Å². The Labute approximate surface area is 391 Å². The molecule has 13 rings (SSSR count). The van der Waals surface area contributed by atoms with Gasteiger partial charge in [0, 0.05) is 39.4 Å². The SMILES string of the molecule is C1=C2c3ccc(N(c4ccc(-c5ccccc5)cc4)c4cccc5ccccc45)c4cccc(c34)-c3cc(N(c4ccc(-c5ccccc5)cc4)c4ccc(-c5ccccc5)cc4)ccc3C12. The van der Waals surface area contributed by atoms with Crippen molar-refractivity contribution < 1.29 is 0 Å². The molecule has 2 aliphatic rings. The first-order valence-corrected chi connectivity index (χ1v) is 23.2. The van der Waals surface area contributed by atoms with Crippen molar-refractivity contribution in [2.75, 3.05) is 9.80 Å². The molecular weight excluding hydrogens is 809 g/mol. The summed E-state index contributed by atoms with van der Waals surface area (Å²) >= 11 is 0. The third kappa shape index (κ3) is 6.81. The van der Waals surface area contributed by atoms with E-state index in [1.807, 2.05) is 0 Å². The summed E-state index contributed by atoms with van der Waals surface area (Å²) in [5, 5.41) is 4.95. The van der Waals surface area contributed by atoms with Crippen LogP contribution in [0, 0.1) is 0 Å². The molecule has 0 saturated heterocycles. The summed E-state index contributed by atoms with van der Waals surface area (Å²) < 4.78 is 0. The maximum Gasteiger partial charge on any atom is 0.0540 e. The van der Waals surface area contributed by atoms with Gasteiger partial charge in [0.15, 0.2) is 0 Å². The lowest BCUT2D eigenvalue weighted by atomic mass is 9.91. The Balaban J connectivity index is 0.977. The lowest BCUT2D eigenvalue weighted by molar-refractivity contribution is 1.23. The van der Waals surface area contributed by atoms with Crippen LogP contribution in [0.4, 0.5) is 34.1 Å². The van der Waals surface area contributed by atoms with Crippen molar-refractivity contribution in [2.24, 2.45) is 0 Å². The molecule has 0 fully saturated rings. The molecule has 0 spiro atoms. The van der Waals surface area contributed by atoms with Crippen LogP contribution in [0.25, 0.3) is 71.6 Å². The molecule has 0 aromatic heterocycles. The molecule has 0 N–H and O–H groups in total. The smallest absolute Gasteiger partial charge is 0.0540 e. The lowest BCUT2D eigenvalue weighted by Gasteiger charge is -2.29. The van der Waals surface area contributed by atoms with Gasteiger partial charge in [-0.1, -0.05) is 200 Å². The zero-order chi connectivity index (χ0) is 44.3. The molecule has 314 valence electrons. The number of anilines is 6. The molecule has 0 bridgehead atoms. The fraction of sp³-hybridized carbons (Fsp3) is 0.0154. The van der Waals surface area contributed by atoms with E-state index in [1.54, 1.807) is 0 Å². The van der Waals surface area contributed by atoms with Crippen molar-refractivity contribution in [2.45, 2.75) is 5.92 Å². The monoisotopic (exact) mass is 852 g/mol. The molecule has 0 heterocycles. The van der Waals surface area contributed by atoms with Gasteiger partial charge in [-0.05, 0) is 133 Å². The highest BCUT2D eigenvalue weighted by Gasteiger charge is 2.36. The zero-order valence-corrected chi connectivity index (χ0v) is 36.8. The van der Waals surface area contributed by atoms with E-state index in [-0.39, 0.29) is 5.92 Å². The average molecular weight is 853 g/mol. The van der Waals surface area contributed by atoms with Gasteiger partial charge in [0.2, 0.25) is 0 Å². The predicted octanol–water partition coefficient (Wildman–Crippen LogP) is 18.1. The summed E-state index contributed by atoms with van der Waals surface area (Å²) in [5.41, 5.74) is 20.6. The second-order valence-electron chi connectivity index (χ2n) is 17.6. The Kier molecular flexibility index (Phi) is 9.28. The van der Waals surface area contributed by atoms with Crippen LogP contribution in [0.5, 0.6) is 0 Å². The highest BCUT2D eigenvalue weighted by molar-refractivity contribution is 6.16. The van der Waals surface area contributed by atoms with Crippen molar-refractivity contribution in [3.8, 4) is 44.5 Å². The highest BCUT2D eigenvalue weighted by atomic mass is 15.1. The number of fused-ring (bicyclic) bond motifs is 6. The number of rotatable bonds is 9. The minimum atomic E-state index is 0.272. The van der Waals surface area contributed by atoms with Gasteiger partial charge in [-0.2, -0.15) is 0 Å². The maximum absolute atomic E-state index is 2.47. The largest absolute Gasteiger partial charge is 0.310 e. The maximum atomic E-state index is 2.47. The third-order valence-electron chi connectivity index (χ3n) is 13.8. The number of hydrogen-bond acceptors (Lipinski definition) is 2. The molecule has 11 aromatic rings. The fourth-order valence-electron chi connectivity index (χ4n) is 10.4. The Morgan fingerprint density at radius 1 is 0.284 bits per heavy atom. The van der Waals surface area contributed by atoms with Crippen LogP contribution in [0.3, 0.4) is 0 Å². The molecule has 67 heavy (non-hydrogen) atoms. The predicted molar refractivity (Wildman–Crippen MR) is 283 cm³/mol. The van der Waals surface area contributed by atoms with Gasteiger partial charge in [-0.15, -0.1) is 0 Å². The lowest BCUT2D eigenvalue weighted by Crippen LogP contribution is -2.11. The van der Waals surface area contributed by atoms with E-state index in [1.165, 1.54) is 82.8 Å². The van der Waals surface area contributed by atoms with Crippen molar-refractivity contribution in [3.05, 3.63) is 272 Å². The van der Waals surface area contributed by atoms with Gasteiger partial charge in [0.1, 0.15) is 0 Å². The van der Waals surface area contributed by atoms with Crippen LogP contribution < -0.4 is 9.80 Å². The van der Waals surface area contributed by atoms with Crippen LogP contribution in [-0.2, 0) is 0 Å². The van der Waals surface area contributed by atoms with Gasteiger partial charge in [0.05, 0.1) is 11.4 Å². The van der Waals surface area contributed by atoms with E-state index in [4.69, 9.17) is 0 Å². The minimum absolute atomic E-state index is 0.272. The van der Waals surface area contributed by atoms with Crippen molar-refractivity contribution in [1.29, 1.82) is 0 Å². The molecule has 0 radical (unpaired) electrons. The molecule has 0 aliphatic heterocycles. The van der Waals surface area contributed by atoms with E-state index in [2.05, 4.69) is 271 Å². The first-order chi connectivity index (χ1) is 33.2. The number of nitrogens with zero attached hydrogens (tertiary/aromatic N) is 2. The molecule has 1 atom stereocenters.